The largest absolute Gasteiger partial charge is 0.393 e. The highest BCUT2D eigenvalue weighted by Gasteiger charge is 2.63. The molecule has 0 radical (unpaired) electrons. The van der Waals surface area contributed by atoms with Gasteiger partial charge in [0.2, 0.25) is 0 Å². The average Bonchev–Trinajstić information content (AvgIpc) is 2.91. The zero-order valence-electron chi connectivity index (χ0n) is 19.5. The lowest BCUT2D eigenvalue weighted by Crippen LogP contribution is -2.53. The average molecular weight is 401 g/mol. The molecule has 0 aromatic heterocycles. The van der Waals surface area contributed by atoms with Gasteiger partial charge >= 0.3 is 0 Å². The van der Waals surface area contributed by atoms with Gasteiger partial charge in [-0.25, -0.2) is 0 Å². The van der Waals surface area contributed by atoms with E-state index in [0.717, 1.165) is 25.2 Å². The summed E-state index contributed by atoms with van der Waals surface area (Å²) in [5, 5.41) is 22.8. The molecule has 0 bridgehead atoms. The number of fused-ring (bicyclic) bond motifs is 5. The van der Waals surface area contributed by atoms with Crippen molar-refractivity contribution in [1.82, 2.24) is 0 Å². The number of rotatable bonds is 4. The molecule has 4 rings (SSSR count). The number of aliphatic hydroxyl groups is 2. The molecule has 2 heteroatoms. The minimum Gasteiger partial charge on any atom is -0.393 e. The predicted molar refractivity (Wildman–Crippen MR) is 120 cm³/mol. The second-order valence-electron chi connectivity index (χ2n) is 12.0. The minimum atomic E-state index is -0.799. The van der Waals surface area contributed by atoms with Crippen molar-refractivity contribution in [1.29, 1.82) is 0 Å². The lowest BCUT2D eigenvalue weighted by atomic mass is 9.47. The van der Waals surface area contributed by atoms with E-state index in [2.05, 4.69) is 39.8 Å². The standard InChI is InChI=1S/C27H44O2/c1-18(2)9-8-15-27(5,29)24-23(28)17-22-20-12-11-19-10-6-7-14-25(19,3)21(20)13-16-26(22,24)4/h9,11,20-24,28-29H,6-8,10,12-17H2,1-5H3/t20-,21+,22+,23+,24+,25+,26+,27+/m1/s1. The molecule has 2 N–H and O–H groups in total. The van der Waals surface area contributed by atoms with Crippen LogP contribution in [-0.4, -0.2) is 21.9 Å². The Morgan fingerprint density at radius 3 is 2.69 bits per heavy atom. The van der Waals surface area contributed by atoms with Crippen LogP contribution in [0.2, 0.25) is 0 Å². The molecule has 164 valence electrons. The molecule has 4 aliphatic rings. The summed E-state index contributed by atoms with van der Waals surface area (Å²) in [5.74, 6) is 2.01. The molecule has 8 atom stereocenters. The van der Waals surface area contributed by atoms with Crippen LogP contribution < -0.4 is 0 Å². The van der Waals surface area contributed by atoms with Crippen LogP contribution in [0, 0.1) is 34.5 Å². The molecular formula is C27H44O2. The van der Waals surface area contributed by atoms with Crippen LogP contribution in [0.25, 0.3) is 0 Å². The van der Waals surface area contributed by atoms with Crippen molar-refractivity contribution in [3.8, 4) is 0 Å². The van der Waals surface area contributed by atoms with E-state index in [1.165, 1.54) is 50.5 Å². The Kier molecular flexibility index (Phi) is 5.61. The molecule has 0 spiro atoms. The Hall–Kier alpha value is -0.600. The second-order valence-corrected chi connectivity index (χ2v) is 12.0. The summed E-state index contributed by atoms with van der Waals surface area (Å²) in [7, 11) is 0. The highest BCUT2D eigenvalue weighted by atomic mass is 16.3. The van der Waals surface area contributed by atoms with Crippen LogP contribution in [0.15, 0.2) is 23.3 Å². The minimum absolute atomic E-state index is 0.00366. The molecule has 0 saturated heterocycles. The van der Waals surface area contributed by atoms with Crippen molar-refractivity contribution in [2.24, 2.45) is 34.5 Å². The van der Waals surface area contributed by atoms with Crippen molar-refractivity contribution in [2.45, 2.75) is 111 Å². The molecule has 0 aromatic carbocycles. The van der Waals surface area contributed by atoms with Crippen LogP contribution in [-0.2, 0) is 0 Å². The van der Waals surface area contributed by atoms with Gasteiger partial charge in [0.25, 0.3) is 0 Å². The first-order chi connectivity index (χ1) is 13.6. The Labute approximate surface area is 178 Å². The van der Waals surface area contributed by atoms with Gasteiger partial charge in [-0.1, -0.05) is 43.6 Å². The SMILES string of the molecule is CC(C)=CCC[C@](C)(O)[C@H]1[C@@H](O)C[C@H]2[C@@H]3CC=C4CCCC[C@]4(C)[C@H]3CC[C@@]21C. The van der Waals surface area contributed by atoms with Gasteiger partial charge in [-0.3, -0.25) is 0 Å². The van der Waals surface area contributed by atoms with Gasteiger partial charge in [-0.15, -0.1) is 0 Å². The highest BCUT2D eigenvalue weighted by Crippen LogP contribution is 2.67. The normalized spacial score (nSPS) is 46.0. The van der Waals surface area contributed by atoms with Crippen LogP contribution in [0.4, 0.5) is 0 Å². The molecular weight excluding hydrogens is 356 g/mol. The van der Waals surface area contributed by atoms with Crippen molar-refractivity contribution < 1.29 is 10.2 Å². The van der Waals surface area contributed by atoms with Crippen molar-refractivity contribution >= 4 is 0 Å². The summed E-state index contributed by atoms with van der Waals surface area (Å²) >= 11 is 0. The van der Waals surface area contributed by atoms with E-state index in [9.17, 15) is 10.2 Å². The Morgan fingerprint density at radius 1 is 1.21 bits per heavy atom. The quantitative estimate of drug-likeness (QED) is 0.534. The summed E-state index contributed by atoms with van der Waals surface area (Å²) < 4.78 is 0. The molecule has 3 fully saturated rings. The zero-order valence-corrected chi connectivity index (χ0v) is 19.5. The Balaban J connectivity index is 1.60. The van der Waals surface area contributed by atoms with Gasteiger partial charge < -0.3 is 10.2 Å². The number of allylic oxidation sites excluding steroid dienone is 4. The monoisotopic (exact) mass is 400 g/mol. The van der Waals surface area contributed by atoms with Gasteiger partial charge in [0.15, 0.2) is 0 Å². The van der Waals surface area contributed by atoms with Crippen LogP contribution >= 0.6 is 0 Å². The smallest absolute Gasteiger partial charge is 0.0680 e. The maximum atomic E-state index is 11.5. The lowest BCUT2D eigenvalue weighted by molar-refractivity contribution is -0.121. The maximum absolute atomic E-state index is 11.5. The summed E-state index contributed by atoms with van der Waals surface area (Å²) in [6.07, 6.45) is 16.1. The van der Waals surface area contributed by atoms with Crippen molar-refractivity contribution in [3.05, 3.63) is 23.3 Å². The summed E-state index contributed by atoms with van der Waals surface area (Å²) in [5.41, 5.74) is 2.72. The van der Waals surface area contributed by atoms with Gasteiger partial charge in [0.1, 0.15) is 0 Å². The predicted octanol–water partition coefficient (Wildman–Crippen LogP) is 6.42. The van der Waals surface area contributed by atoms with E-state index in [0.29, 0.717) is 17.3 Å². The molecule has 4 aliphatic carbocycles. The molecule has 0 unspecified atom stereocenters. The first kappa shape index (κ1) is 21.6. The van der Waals surface area contributed by atoms with Crippen LogP contribution in [0.1, 0.15) is 98.8 Å². The third kappa shape index (κ3) is 3.47. The molecule has 0 amide bonds. The van der Waals surface area contributed by atoms with Gasteiger partial charge in [0.05, 0.1) is 11.7 Å². The molecule has 0 aliphatic heterocycles. The van der Waals surface area contributed by atoms with Crippen LogP contribution in [0.5, 0.6) is 0 Å². The Morgan fingerprint density at radius 2 is 1.97 bits per heavy atom. The first-order valence-corrected chi connectivity index (χ1v) is 12.3. The van der Waals surface area contributed by atoms with E-state index in [1.54, 1.807) is 5.57 Å². The summed E-state index contributed by atoms with van der Waals surface area (Å²) in [6, 6.07) is 0. The molecule has 29 heavy (non-hydrogen) atoms. The van der Waals surface area contributed by atoms with Crippen molar-refractivity contribution in [3.63, 3.8) is 0 Å². The molecule has 3 saturated carbocycles. The fourth-order valence-electron chi connectivity index (χ4n) is 8.65. The Bertz CT molecular complexity index is 685. The fourth-order valence-corrected chi connectivity index (χ4v) is 8.65. The molecule has 2 nitrogen and oxygen atoms in total. The zero-order chi connectivity index (χ0) is 21.0. The highest BCUT2D eigenvalue weighted by molar-refractivity contribution is 5.25. The second kappa shape index (κ2) is 7.52. The van der Waals surface area contributed by atoms with Crippen molar-refractivity contribution in [2.75, 3.05) is 0 Å². The van der Waals surface area contributed by atoms with E-state index in [4.69, 9.17) is 0 Å². The van der Waals surface area contributed by atoms with E-state index in [1.807, 2.05) is 6.92 Å². The third-order valence-corrected chi connectivity index (χ3v) is 9.92. The third-order valence-electron chi connectivity index (χ3n) is 9.92. The topological polar surface area (TPSA) is 40.5 Å². The number of aliphatic hydroxyl groups excluding tert-OH is 1. The fraction of sp³-hybridized carbons (Fsp3) is 0.852. The molecule has 0 heterocycles. The van der Waals surface area contributed by atoms with Gasteiger partial charge in [0, 0.05) is 5.92 Å². The summed E-state index contributed by atoms with van der Waals surface area (Å²) in [6.45, 7) is 11.2. The summed E-state index contributed by atoms with van der Waals surface area (Å²) in [4.78, 5) is 0. The van der Waals surface area contributed by atoms with E-state index >= 15 is 0 Å². The lowest BCUT2D eigenvalue weighted by Gasteiger charge is -2.58. The first-order valence-electron chi connectivity index (χ1n) is 12.3. The number of hydrogen-bond acceptors (Lipinski definition) is 2. The van der Waals surface area contributed by atoms with Gasteiger partial charge in [-0.2, -0.15) is 0 Å². The maximum Gasteiger partial charge on any atom is 0.0680 e. The van der Waals surface area contributed by atoms with E-state index in [-0.39, 0.29) is 17.4 Å². The van der Waals surface area contributed by atoms with E-state index < -0.39 is 5.60 Å². The molecule has 0 aromatic rings. The van der Waals surface area contributed by atoms with Gasteiger partial charge in [-0.05, 0) is 107 Å². The number of hydrogen-bond donors (Lipinski definition) is 2. The van der Waals surface area contributed by atoms with Crippen LogP contribution in [0.3, 0.4) is 0 Å².